The molecule has 0 bridgehead atoms. The van der Waals surface area contributed by atoms with Crippen LogP contribution in [0.5, 0.6) is 11.5 Å². The Balaban J connectivity index is 3.03. The molecule has 0 saturated heterocycles. The molecule has 0 aliphatic heterocycles. The largest absolute Gasteiger partial charge is 0.493 e. The molecule has 0 heterocycles. The monoisotopic (exact) mass is 294 g/mol. The van der Waals surface area contributed by atoms with Crippen LogP contribution in [0.25, 0.3) is 0 Å². The van der Waals surface area contributed by atoms with Crippen LogP contribution in [0, 0.1) is 5.41 Å². The average Bonchev–Trinajstić information content (AvgIpc) is 2.44. The van der Waals surface area contributed by atoms with Gasteiger partial charge in [-0.2, -0.15) is 0 Å². The Bertz CT molecular complexity index is 481. The molecule has 0 fully saturated rings. The van der Waals surface area contributed by atoms with Gasteiger partial charge in [-0.15, -0.1) is 0 Å². The normalized spacial score (nSPS) is 12.7. The van der Waals surface area contributed by atoms with Crippen molar-refractivity contribution in [3.63, 3.8) is 0 Å². The molecule has 5 nitrogen and oxygen atoms in total. The van der Waals surface area contributed by atoms with Gasteiger partial charge in [0.15, 0.2) is 11.5 Å². The van der Waals surface area contributed by atoms with Crippen molar-refractivity contribution in [2.75, 3.05) is 20.8 Å². The van der Waals surface area contributed by atoms with E-state index in [1.54, 1.807) is 25.3 Å². The van der Waals surface area contributed by atoms with E-state index in [0.717, 1.165) is 6.42 Å². The fourth-order valence-electron chi connectivity index (χ4n) is 2.19. The molecular formula is C16H26N2O3. The first kappa shape index (κ1) is 17.3. The molecule has 1 unspecified atom stereocenters. The maximum Gasteiger partial charge on any atom is 0.255 e. The second-order valence-corrected chi connectivity index (χ2v) is 6.01. The third kappa shape index (κ3) is 4.36. The van der Waals surface area contributed by atoms with Crippen LogP contribution in [0.4, 0.5) is 0 Å². The number of carbonyl (C=O) groups is 1. The lowest BCUT2D eigenvalue weighted by Crippen LogP contribution is -2.45. The minimum absolute atomic E-state index is 0.00842. The Morgan fingerprint density at radius 2 is 1.95 bits per heavy atom. The van der Waals surface area contributed by atoms with E-state index in [9.17, 15) is 4.79 Å². The van der Waals surface area contributed by atoms with Crippen molar-refractivity contribution in [2.45, 2.75) is 33.2 Å². The lowest BCUT2D eigenvalue weighted by Gasteiger charge is -2.31. The van der Waals surface area contributed by atoms with Crippen molar-refractivity contribution in [3.05, 3.63) is 23.8 Å². The minimum atomic E-state index is -0.181. The van der Waals surface area contributed by atoms with Gasteiger partial charge in [0.25, 0.3) is 5.91 Å². The molecule has 1 atom stereocenters. The predicted molar refractivity (Wildman–Crippen MR) is 83.9 cm³/mol. The third-order valence-electron chi connectivity index (χ3n) is 3.45. The molecule has 5 heteroatoms. The molecule has 1 rings (SSSR count). The van der Waals surface area contributed by atoms with Crippen molar-refractivity contribution in [2.24, 2.45) is 11.1 Å². The molecule has 1 aromatic carbocycles. The number of hydrogen-bond donors (Lipinski definition) is 2. The van der Waals surface area contributed by atoms with E-state index >= 15 is 0 Å². The second kappa shape index (κ2) is 7.31. The van der Waals surface area contributed by atoms with Crippen molar-refractivity contribution >= 4 is 5.91 Å². The van der Waals surface area contributed by atoms with E-state index < -0.39 is 0 Å². The van der Waals surface area contributed by atoms with Crippen LogP contribution < -0.4 is 20.5 Å². The first-order valence-corrected chi connectivity index (χ1v) is 7.07. The number of rotatable bonds is 6. The van der Waals surface area contributed by atoms with E-state index in [1.165, 1.54) is 7.11 Å². The molecule has 0 aliphatic rings. The minimum Gasteiger partial charge on any atom is -0.493 e. The third-order valence-corrected chi connectivity index (χ3v) is 3.45. The maximum absolute atomic E-state index is 12.5. The fourth-order valence-corrected chi connectivity index (χ4v) is 2.19. The lowest BCUT2D eigenvalue weighted by atomic mass is 9.84. The van der Waals surface area contributed by atoms with Crippen LogP contribution >= 0.6 is 0 Å². The molecule has 1 amide bonds. The quantitative estimate of drug-likeness (QED) is 0.843. The van der Waals surface area contributed by atoms with Gasteiger partial charge in [0.2, 0.25) is 0 Å². The summed E-state index contributed by atoms with van der Waals surface area (Å²) in [5, 5.41) is 3.05. The van der Waals surface area contributed by atoms with Gasteiger partial charge >= 0.3 is 0 Å². The highest BCUT2D eigenvalue weighted by molar-refractivity contribution is 5.98. The van der Waals surface area contributed by atoms with Crippen LogP contribution in [-0.4, -0.2) is 32.7 Å². The zero-order chi connectivity index (χ0) is 16.0. The van der Waals surface area contributed by atoms with Crippen molar-refractivity contribution < 1.29 is 14.3 Å². The second-order valence-electron chi connectivity index (χ2n) is 6.01. The van der Waals surface area contributed by atoms with Gasteiger partial charge in [0.05, 0.1) is 19.8 Å². The molecule has 0 radical (unpaired) electrons. The summed E-state index contributed by atoms with van der Waals surface area (Å²) in [5.74, 6) is 0.799. The Morgan fingerprint density at radius 3 is 2.43 bits per heavy atom. The first-order chi connectivity index (χ1) is 9.85. The summed E-state index contributed by atoms with van der Waals surface area (Å²) in [6, 6.07) is 5.24. The number of para-hydroxylation sites is 1. The van der Waals surface area contributed by atoms with Gasteiger partial charge < -0.3 is 20.5 Å². The van der Waals surface area contributed by atoms with E-state index in [1.807, 2.05) is 0 Å². The van der Waals surface area contributed by atoms with Crippen molar-refractivity contribution in [1.82, 2.24) is 5.32 Å². The summed E-state index contributed by atoms with van der Waals surface area (Å²) in [4.78, 5) is 12.5. The average molecular weight is 294 g/mol. The number of ether oxygens (including phenoxy) is 2. The Hall–Kier alpha value is -1.75. The lowest BCUT2D eigenvalue weighted by molar-refractivity contribution is 0.0895. The number of carbonyl (C=O) groups excluding carboxylic acids is 1. The van der Waals surface area contributed by atoms with E-state index in [0.29, 0.717) is 23.6 Å². The molecule has 0 saturated carbocycles. The van der Waals surface area contributed by atoms with Crippen LogP contribution in [0.3, 0.4) is 0 Å². The molecule has 0 aliphatic carbocycles. The number of hydrogen-bond acceptors (Lipinski definition) is 4. The summed E-state index contributed by atoms with van der Waals surface area (Å²) < 4.78 is 10.5. The molecule has 0 spiro atoms. The molecule has 118 valence electrons. The van der Waals surface area contributed by atoms with Gasteiger partial charge in [-0.3, -0.25) is 4.79 Å². The Morgan fingerprint density at radius 1 is 1.29 bits per heavy atom. The van der Waals surface area contributed by atoms with Crippen molar-refractivity contribution in [3.8, 4) is 11.5 Å². The smallest absolute Gasteiger partial charge is 0.255 e. The van der Waals surface area contributed by atoms with E-state index in [2.05, 4.69) is 26.1 Å². The van der Waals surface area contributed by atoms with Crippen LogP contribution in [-0.2, 0) is 0 Å². The molecular weight excluding hydrogens is 268 g/mol. The summed E-state index contributed by atoms with van der Waals surface area (Å²) in [7, 11) is 3.07. The van der Waals surface area contributed by atoms with Gasteiger partial charge in [-0.05, 0) is 30.5 Å². The number of methoxy groups -OCH3 is 2. The zero-order valence-electron chi connectivity index (χ0n) is 13.5. The Kier molecular flexibility index (Phi) is 6.03. The van der Waals surface area contributed by atoms with Crippen LogP contribution in [0.15, 0.2) is 18.2 Å². The standard InChI is InChI=1S/C16H26N2O3/c1-16(2,3)13(9-10-17)18-15(19)11-7-6-8-12(20-4)14(11)21-5/h6-8,13H,9-10,17H2,1-5H3,(H,18,19). The number of amides is 1. The maximum atomic E-state index is 12.5. The summed E-state index contributed by atoms with van der Waals surface area (Å²) in [6.45, 7) is 6.76. The number of nitrogens with one attached hydrogen (secondary N) is 1. The first-order valence-electron chi connectivity index (χ1n) is 7.07. The highest BCUT2D eigenvalue weighted by atomic mass is 16.5. The summed E-state index contributed by atoms with van der Waals surface area (Å²) in [6.07, 6.45) is 0.724. The zero-order valence-corrected chi connectivity index (χ0v) is 13.5. The highest BCUT2D eigenvalue weighted by Gasteiger charge is 2.27. The topological polar surface area (TPSA) is 73.6 Å². The highest BCUT2D eigenvalue weighted by Crippen LogP contribution is 2.31. The molecule has 21 heavy (non-hydrogen) atoms. The predicted octanol–water partition coefficient (Wildman–Crippen LogP) is 2.20. The van der Waals surface area contributed by atoms with Crippen LogP contribution in [0.1, 0.15) is 37.6 Å². The number of benzene rings is 1. The van der Waals surface area contributed by atoms with E-state index in [-0.39, 0.29) is 17.4 Å². The fraction of sp³-hybridized carbons (Fsp3) is 0.562. The van der Waals surface area contributed by atoms with Crippen molar-refractivity contribution in [1.29, 1.82) is 0 Å². The van der Waals surface area contributed by atoms with Gasteiger partial charge in [-0.1, -0.05) is 26.8 Å². The van der Waals surface area contributed by atoms with Crippen LogP contribution in [0.2, 0.25) is 0 Å². The van der Waals surface area contributed by atoms with Gasteiger partial charge in [0.1, 0.15) is 0 Å². The van der Waals surface area contributed by atoms with Gasteiger partial charge in [-0.25, -0.2) is 0 Å². The van der Waals surface area contributed by atoms with Gasteiger partial charge in [0, 0.05) is 6.04 Å². The Labute approximate surface area is 126 Å². The number of nitrogens with two attached hydrogens (primary N) is 1. The summed E-state index contributed by atoms with van der Waals surface area (Å²) in [5.41, 5.74) is 6.04. The SMILES string of the molecule is COc1cccc(C(=O)NC(CCN)C(C)(C)C)c1OC. The summed E-state index contributed by atoms with van der Waals surface area (Å²) >= 11 is 0. The molecule has 1 aromatic rings. The van der Waals surface area contributed by atoms with E-state index in [4.69, 9.17) is 15.2 Å². The molecule has 3 N–H and O–H groups in total. The molecule has 0 aromatic heterocycles.